The highest BCUT2D eigenvalue weighted by atomic mass is 16.4. The van der Waals surface area contributed by atoms with Crippen LogP contribution in [-0.2, 0) is 9.59 Å². The number of hydrogen-bond donors (Lipinski definition) is 1. The van der Waals surface area contributed by atoms with E-state index in [1.54, 1.807) is 31.1 Å². The first-order chi connectivity index (χ1) is 11.7. The van der Waals surface area contributed by atoms with Gasteiger partial charge >= 0.3 is 5.97 Å². The zero-order valence-electron chi connectivity index (χ0n) is 14.6. The van der Waals surface area contributed by atoms with Crippen LogP contribution in [0.4, 0.5) is 5.82 Å². The third-order valence-electron chi connectivity index (χ3n) is 5.21. The van der Waals surface area contributed by atoms with Crippen LogP contribution < -0.4 is 4.90 Å². The summed E-state index contributed by atoms with van der Waals surface area (Å²) in [6, 6.07) is 3.45. The third kappa shape index (κ3) is 2.81. The number of carbonyl (C=O) groups is 3. The molecule has 2 fully saturated rings. The summed E-state index contributed by atoms with van der Waals surface area (Å²) < 4.78 is 0. The van der Waals surface area contributed by atoms with Gasteiger partial charge in [-0.05, 0) is 12.1 Å². The van der Waals surface area contributed by atoms with E-state index in [2.05, 4.69) is 4.98 Å². The lowest BCUT2D eigenvalue weighted by Crippen LogP contribution is -2.41. The van der Waals surface area contributed by atoms with Crippen LogP contribution in [0.25, 0.3) is 0 Å². The molecule has 1 aromatic heterocycles. The summed E-state index contributed by atoms with van der Waals surface area (Å²) in [6.07, 6.45) is 1.51. The minimum Gasteiger partial charge on any atom is -0.481 e. The number of carbonyl (C=O) groups excluding carboxylic acids is 2. The fourth-order valence-electron chi connectivity index (χ4n) is 3.74. The second kappa shape index (κ2) is 6.02. The van der Waals surface area contributed by atoms with Crippen LogP contribution in [0.3, 0.4) is 0 Å². The standard InChI is InChI=1S/C17H22N4O4/c1-11(22)20-7-13-8-21(10-17(13,9-20)16(24)25)14-5-4-12(6-18-14)15(23)19(2)3/h4-6,13H,7-10H2,1-3H3,(H,24,25)/t13-,17-/m1/s1. The maximum atomic E-state index is 11.9. The molecule has 1 N–H and O–H groups in total. The Balaban J connectivity index is 1.80. The zero-order valence-corrected chi connectivity index (χ0v) is 14.6. The van der Waals surface area contributed by atoms with E-state index >= 15 is 0 Å². The second-order valence-corrected chi connectivity index (χ2v) is 7.04. The van der Waals surface area contributed by atoms with Gasteiger partial charge in [-0.25, -0.2) is 4.98 Å². The van der Waals surface area contributed by atoms with E-state index < -0.39 is 11.4 Å². The number of aliphatic carboxylic acids is 1. The Morgan fingerprint density at radius 2 is 1.96 bits per heavy atom. The molecule has 0 bridgehead atoms. The van der Waals surface area contributed by atoms with Gasteiger partial charge in [-0.3, -0.25) is 14.4 Å². The van der Waals surface area contributed by atoms with Crippen LogP contribution in [0, 0.1) is 11.3 Å². The lowest BCUT2D eigenvalue weighted by Gasteiger charge is -2.25. The summed E-state index contributed by atoms with van der Waals surface area (Å²) in [5.74, 6) is -0.565. The van der Waals surface area contributed by atoms with Crippen molar-refractivity contribution >= 4 is 23.6 Å². The van der Waals surface area contributed by atoms with Crippen molar-refractivity contribution in [1.82, 2.24) is 14.8 Å². The van der Waals surface area contributed by atoms with Crippen LogP contribution in [0.5, 0.6) is 0 Å². The number of rotatable bonds is 3. The molecule has 0 aliphatic carbocycles. The molecule has 0 aromatic carbocycles. The molecule has 0 saturated carbocycles. The van der Waals surface area contributed by atoms with E-state index in [1.165, 1.54) is 18.0 Å². The van der Waals surface area contributed by atoms with Gasteiger partial charge in [0, 0.05) is 59.3 Å². The number of carboxylic acids is 1. The minimum absolute atomic E-state index is 0.0914. The number of likely N-dealkylation sites (tertiary alicyclic amines) is 1. The molecule has 3 heterocycles. The Morgan fingerprint density at radius 1 is 1.24 bits per heavy atom. The maximum Gasteiger partial charge on any atom is 0.313 e. The molecule has 2 amide bonds. The van der Waals surface area contributed by atoms with Crippen LogP contribution in [0.1, 0.15) is 17.3 Å². The number of anilines is 1. The SMILES string of the molecule is CC(=O)N1C[C@@H]2CN(c3ccc(C(=O)N(C)C)cn3)C[C@]2(C(=O)O)C1. The average molecular weight is 346 g/mol. The fraction of sp³-hybridized carbons (Fsp3) is 0.529. The zero-order chi connectivity index (χ0) is 18.4. The fourth-order valence-corrected chi connectivity index (χ4v) is 3.74. The van der Waals surface area contributed by atoms with E-state index in [4.69, 9.17) is 0 Å². The predicted octanol–water partition coefficient (Wildman–Crippen LogP) is 0.153. The van der Waals surface area contributed by atoms with Gasteiger partial charge in [-0.1, -0.05) is 0 Å². The van der Waals surface area contributed by atoms with E-state index in [1.807, 2.05) is 4.90 Å². The summed E-state index contributed by atoms with van der Waals surface area (Å²) in [4.78, 5) is 44.9. The van der Waals surface area contributed by atoms with Gasteiger partial charge < -0.3 is 19.8 Å². The van der Waals surface area contributed by atoms with Gasteiger partial charge in [0.25, 0.3) is 5.91 Å². The van der Waals surface area contributed by atoms with Crippen molar-refractivity contribution in [2.75, 3.05) is 45.2 Å². The Labute approximate surface area is 146 Å². The summed E-state index contributed by atoms with van der Waals surface area (Å²) in [5.41, 5.74) is -0.463. The van der Waals surface area contributed by atoms with Gasteiger partial charge in [-0.2, -0.15) is 0 Å². The first kappa shape index (κ1) is 17.2. The van der Waals surface area contributed by atoms with Crippen LogP contribution in [0.15, 0.2) is 18.3 Å². The Hall–Kier alpha value is -2.64. The molecule has 8 nitrogen and oxygen atoms in total. The second-order valence-electron chi connectivity index (χ2n) is 7.04. The molecule has 0 radical (unpaired) electrons. The number of fused-ring (bicyclic) bond motifs is 1. The van der Waals surface area contributed by atoms with E-state index in [-0.39, 0.29) is 24.3 Å². The first-order valence-corrected chi connectivity index (χ1v) is 8.16. The van der Waals surface area contributed by atoms with Crippen molar-refractivity contribution in [3.63, 3.8) is 0 Å². The molecule has 2 aliphatic heterocycles. The highest BCUT2D eigenvalue weighted by Crippen LogP contribution is 2.43. The van der Waals surface area contributed by atoms with Crippen molar-refractivity contribution in [2.24, 2.45) is 11.3 Å². The summed E-state index contributed by atoms with van der Waals surface area (Å²) >= 11 is 0. The van der Waals surface area contributed by atoms with Crippen molar-refractivity contribution in [3.8, 4) is 0 Å². The number of pyridine rings is 1. The van der Waals surface area contributed by atoms with Crippen molar-refractivity contribution in [3.05, 3.63) is 23.9 Å². The van der Waals surface area contributed by atoms with Crippen molar-refractivity contribution < 1.29 is 19.5 Å². The smallest absolute Gasteiger partial charge is 0.313 e. The number of carboxylic acid groups (broad SMARTS) is 1. The number of nitrogens with zero attached hydrogens (tertiary/aromatic N) is 4. The van der Waals surface area contributed by atoms with Crippen molar-refractivity contribution in [2.45, 2.75) is 6.92 Å². The monoisotopic (exact) mass is 346 g/mol. The van der Waals surface area contributed by atoms with E-state index in [9.17, 15) is 19.5 Å². The molecule has 2 atom stereocenters. The summed E-state index contributed by atoms with van der Waals surface area (Å²) in [7, 11) is 3.35. The largest absolute Gasteiger partial charge is 0.481 e. The lowest BCUT2D eigenvalue weighted by molar-refractivity contribution is -0.148. The molecule has 2 saturated heterocycles. The Morgan fingerprint density at radius 3 is 2.44 bits per heavy atom. The molecule has 0 spiro atoms. The van der Waals surface area contributed by atoms with Gasteiger partial charge in [0.1, 0.15) is 11.2 Å². The van der Waals surface area contributed by atoms with Gasteiger partial charge in [0.05, 0.1) is 5.56 Å². The molecule has 1 aromatic rings. The van der Waals surface area contributed by atoms with Crippen LogP contribution in [0.2, 0.25) is 0 Å². The van der Waals surface area contributed by atoms with Gasteiger partial charge in [0.2, 0.25) is 5.91 Å². The van der Waals surface area contributed by atoms with Crippen LogP contribution >= 0.6 is 0 Å². The topological polar surface area (TPSA) is 94.1 Å². The number of amides is 2. The number of aromatic nitrogens is 1. The van der Waals surface area contributed by atoms with E-state index in [0.29, 0.717) is 31.0 Å². The summed E-state index contributed by atoms with van der Waals surface area (Å²) in [5, 5.41) is 9.78. The molecular weight excluding hydrogens is 324 g/mol. The maximum absolute atomic E-state index is 11.9. The average Bonchev–Trinajstić information content (AvgIpc) is 3.09. The molecule has 2 aliphatic rings. The predicted molar refractivity (Wildman–Crippen MR) is 90.3 cm³/mol. The molecule has 3 rings (SSSR count). The number of hydrogen-bond acceptors (Lipinski definition) is 5. The molecule has 8 heteroatoms. The lowest BCUT2D eigenvalue weighted by atomic mass is 9.81. The normalized spacial score (nSPS) is 25.0. The summed E-state index contributed by atoms with van der Waals surface area (Å²) in [6.45, 7) is 3.00. The molecular formula is C17H22N4O4. The minimum atomic E-state index is -0.953. The Bertz CT molecular complexity index is 718. The first-order valence-electron chi connectivity index (χ1n) is 8.16. The quantitative estimate of drug-likeness (QED) is 0.837. The highest BCUT2D eigenvalue weighted by Gasteiger charge is 2.58. The molecule has 0 unspecified atom stereocenters. The van der Waals surface area contributed by atoms with Gasteiger partial charge in [-0.15, -0.1) is 0 Å². The molecule has 25 heavy (non-hydrogen) atoms. The van der Waals surface area contributed by atoms with Gasteiger partial charge in [0.15, 0.2) is 0 Å². The third-order valence-corrected chi connectivity index (χ3v) is 5.21. The molecule has 134 valence electrons. The Kier molecular flexibility index (Phi) is 4.14. The van der Waals surface area contributed by atoms with Crippen molar-refractivity contribution in [1.29, 1.82) is 0 Å². The van der Waals surface area contributed by atoms with Crippen LogP contribution in [-0.4, -0.2) is 77.9 Å². The highest BCUT2D eigenvalue weighted by molar-refractivity contribution is 5.93. The van der Waals surface area contributed by atoms with E-state index in [0.717, 1.165) is 0 Å².